The molecule has 2 saturated heterocycles. The molecule has 9 nitrogen and oxygen atoms in total. The van der Waals surface area contributed by atoms with E-state index in [-0.39, 0.29) is 52.0 Å². The van der Waals surface area contributed by atoms with Gasteiger partial charge in [-0.2, -0.15) is 13.2 Å². The molecule has 4 fully saturated rings. The molecule has 3 amide bonds. The fourth-order valence-electron chi connectivity index (χ4n) is 8.29. The van der Waals surface area contributed by atoms with Gasteiger partial charge in [-0.15, -0.1) is 11.8 Å². The largest absolute Gasteiger partial charge is 0.484 e. The molecular weight excluding hydrogens is 643 g/mol. The van der Waals surface area contributed by atoms with E-state index in [1.807, 2.05) is 12.1 Å². The number of nitrogens with zero attached hydrogens (tertiary/aromatic N) is 2. The van der Waals surface area contributed by atoms with E-state index in [0.29, 0.717) is 38.5 Å². The lowest BCUT2D eigenvalue weighted by Crippen LogP contribution is -2.43. The number of carbonyl (C=O) groups excluding carboxylic acids is 3. The lowest BCUT2D eigenvalue weighted by molar-refractivity contribution is -0.138. The summed E-state index contributed by atoms with van der Waals surface area (Å²) >= 11 is 2.68. The van der Waals surface area contributed by atoms with Crippen molar-refractivity contribution >= 4 is 46.5 Å². The van der Waals surface area contributed by atoms with Gasteiger partial charge in [0.05, 0.1) is 41.3 Å². The van der Waals surface area contributed by atoms with Crippen LogP contribution >= 0.6 is 23.1 Å². The summed E-state index contributed by atoms with van der Waals surface area (Å²) in [5.74, 6) is -2.39. The number of alkyl halides is 3. The third-order valence-corrected chi connectivity index (χ3v) is 12.7. The van der Waals surface area contributed by atoms with Gasteiger partial charge in [0, 0.05) is 29.1 Å². The number of fused-ring (bicyclic) bond motifs is 9. The molecule has 2 saturated carbocycles. The maximum Gasteiger partial charge on any atom is 0.416 e. The van der Waals surface area contributed by atoms with Crippen LogP contribution in [0.5, 0.6) is 5.75 Å². The van der Waals surface area contributed by atoms with E-state index in [4.69, 9.17) is 9.47 Å². The van der Waals surface area contributed by atoms with E-state index in [1.165, 1.54) is 12.1 Å². The maximum absolute atomic E-state index is 13.9. The SMILES string of the molecule is O=C(COc1ccc([C@H]2c3sc(=O)[nH]c3SC3C4CC(C5C(=O)N(c6cccc(C(F)(F)F)c6)C(=O)C45)C32)cc1)N1CCOCC1. The van der Waals surface area contributed by atoms with Gasteiger partial charge in [-0.05, 0) is 60.1 Å². The number of anilines is 1. The smallest absolute Gasteiger partial charge is 0.416 e. The van der Waals surface area contributed by atoms with Crippen molar-refractivity contribution in [1.82, 2.24) is 9.88 Å². The summed E-state index contributed by atoms with van der Waals surface area (Å²) in [4.78, 5) is 59.1. The number of thioether (sulfide) groups is 1. The summed E-state index contributed by atoms with van der Waals surface area (Å²) in [5.41, 5.74) is -0.0487. The quantitative estimate of drug-likeness (QED) is 0.402. The molecule has 240 valence electrons. The Bertz CT molecular complexity index is 1790. The Morgan fingerprint density at radius 3 is 2.43 bits per heavy atom. The second-order valence-corrected chi connectivity index (χ2v) is 14.6. The van der Waals surface area contributed by atoms with E-state index in [1.54, 1.807) is 28.8 Å². The Labute approximate surface area is 269 Å². The van der Waals surface area contributed by atoms with E-state index < -0.39 is 35.4 Å². The molecule has 0 spiro atoms. The van der Waals surface area contributed by atoms with Gasteiger partial charge in [0.15, 0.2) is 6.61 Å². The van der Waals surface area contributed by atoms with Crippen LogP contribution in [0.25, 0.3) is 0 Å². The first-order chi connectivity index (χ1) is 22.1. The lowest BCUT2D eigenvalue weighted by Gasteiger charge is -2.43. The van der Waals surface area contributed by atoms with Gasteiger partial charge in [0.25, 0.3) is 5.91 Å². The Morgan fingerprint density at radius 1 is 1.00 bits per heavy atom. The number of hydrogen-bond acceptors (Lipinski definition) is 8. The molecule has 2 aliphatic carbocycles. The number of aromatic amines is 1. The highest BCUT2D eigenvalue weighted by molar-refractivity contribution is 8.00. The average molecular weight is 672 g/mol. The van der Waals surface area contributed by atoms with Crippen molar-refractivity contribution in [2.75, 3.05) is 37.8 Å². The lowest BCUT2D eigenvalue weighted by atomic mass is 9.68. The minimum absolute atomic E-state index is 0.0584. The van der Waals surface area contributed by atoms with E-state index >= 15 is 0 Å². The van der Waals surface area contributed by atoms with Crippen LogP contribution in [0.3, 0.4) is 0 Å². The second kappa shape index (κ2) is 11.0. The fourth-order valence-corrected chi connectivity index (χ4v) is 11.2. The Balaban J connectivity index is 1.08. The number of H-pyrrole nitrogens is 1. The number of carbonyl (C=O) groups is 3. The molecular formula is C32H28F3N3O6S2. The van der Waals surface area contributed by atoms with Crippen LogP contribution in [0, 0.1) is 29.6 Å². The molecule has 46 heavy (non-hydrogen) atoms. The summed E-state index contributed by atoms with van der Waals surface area (Å²) in [6, 6.07) is 11.8. The highest BCUT2D eigenvalue weighted by atomic mass is 32.2. The van der Waals surface area contributed by atoms with Gasteiger partial charge < -0.3 is 19.4 Å². The van der Waals surface area contributed by atoms with Gasteiger partial charge in [0.1, 0.15) is 5.75 Å². The maximum atomic E-state index is 13.9. The van der Waals surface area contributed by atoms with Crippen LogP contribution in [0.2, 0.25) is 0 Å². The number of aromatic nitrogens is 1. The minimum atomic E-state index is -4.61. The zero-order chi connectivity index (χ0) is 31.9. The summed E-state index contributed by atoms with van der Waals surface area (Å²) in [6.07, 6.45) is -3.95. The van der Waals surface area contributed by atoms with Crippen LogP contribution in [0.15, 0.2) is 58.4 Å². The van der Waals surface area contributed by atoms with Crippen molar-refractivity contribution < 1.29 is 37.0 Å². The Morgan fingerprint density at radius 2 is 1.72 bits per heavy atom. The zero-order valence-electron chi connectivity index (χ0n) is 24.2. The van der Waals surface area contributed by atoms with E-state index in [2.05, 4.69) is 4.98 Å². The van der Waals surface area contributed by atoms with Crippen LogP contribution in [0.1, 0.15) is 28.3 Å². The Hall–Kier alpha value is -3.62. The third kappa shape index (κ3) is 4.70. The van der Waals surface area contributed by atoms with Gasteiger partial charge in [-0.3, -0.25) is 24.1 Å². The molecule has 1 aromatic heterocycles. The number of rotatable bonds is 5. The molecule has 2 aromatic carbocycles. The average Bonchev–Trinajstić information content (AvgIpc) is 3.79. The number of nitrogens with one attached hydrogen (secondary N) is 1. The summed E-state index contributed by atoms with van der Waals surface area (Å²) in [6.45, 7) is 1.96. The Kier molecular flexibility index (Phi) is 7.11. The highest BCUT2D eigenvalue weighted by Crippen LogP contribution is 2.68. The molecule has 5 aliphatic rings. The first kappa shape index (κ1) is 29.8. The molecule has 6 unspecified atom stereocenters. The topological polar surface area (TPSA) is 109 Å². The van der Waals surface area contributed by atoms with Crippen molar-refractivity contribution in [3.8, 4) is 5.75 Å². The van der Waals surface area contributed by atoms with Crippen molar-refractivity contribution in [3.05, 3.63) is 74.2 Å². The van der Waals surface area contributed by atoms with E-state index in [0.717, 1.165) is 43.8 Å². The van der Waals surface area contributed by atoms with Crippen molar-refractivity contribution in [2.45, 2.75) is 28.8 Å². The highest BCUT2D eigenvalue weighted by Gasteiger charge is 2.69. The number of amides is 3. The van der Waals surface area contributed by atoms with Crippen LogP contribution in [0.4, 0.5) is 18.9 Å². The van der Waals surface area contributed by atoms with Crippen LogP contribution in [-0.4, -0.2) is 65.8 Å². The molecule has 7 atom stereocenters. The van der Waals surface area contributed by atoms with Crippen molar-refractivity contribution in [1.29, 1.82) is 0 Å². The monoisotopic (exact) mass is 671 g/mol. The molecule has 3 aliphatic heterocycles. The van der Waals surface area contributed by atoms with Crippen molar-refractivity contribution in [2.24, 2.45) is 29.6 Å². The summed E-state index contributed by atoms with van der Waals surface area (Å²) in [7, 11) is 0. The number of imide groups is 1. The number of hydrogen-bond donors (Lipinski definition) is 1. The summed E-state index contributed by atoms with van der Waals surface area (Å²) < 4.78 is 51.5. The van der Waals surface area contributed by atoms with E-state index in [9.17, 15) is 32.3 Å². The third-order valence-electron chi connectivity index (χ3n) is 10.1. The summed E-state index contributed by atoms with van der Waals surface area (Å²) in [5, 5.41) is 0.697. The number of benzene rings is 2. The molecule has 3 aromatic rings. The number of morpholine rings is 1. The standard InChI is InChI=1S/C32H28F3N3O6S2/c33-32(34,35)16-2-1-3-17(12-16)38-29(40)24-19-13-20(25(24)30(38)41)26-23(19)22(27-28(45-26)36-31(42)46-27)15-4-6-18(7-5-15)44-14-21(39)37-8-10-43-11-9-37/h1-7,12,19-20,22-26H,8-11,13-14H2,(H,36,42)/t19?,20?,22-,23?,24?,25?,26?/m1/s1. The van der Waals surface area contributed by atoms with Crippen LogP contribution < -0.4 is 14.5 Å². The molecule has 14 heteroatoms. The number of thiazole rings is 1. The number of ether oxygens (including phenoxy) is 2. The fraction of sp³-hybridized carbons (Fsp3) is 0.438. The number of halogens is 3. The predicted octanol–water partition coefficient (Wildman–Crippen LogP) is 4.37. The van der Waals surface area contributed by atoms with Gasteiger partial charge in [-0.1, -0.05) is 29.5 Å². The van der Waals surface area contributed by atoms with Gasteiger partial charge in [-0.25, -0.2) is 0 Å². The minimum Gasteiger partial charge on any atom is -0.484 e. The molecule has 0 radical (unpaired) electrons. The first-order valence-electron chi connectivity index (χ1n) is 15.1. The van der Waals surface area contributed by atoms with Gasteiger partial charge in [0.2, 0.25) is 11.8 Å². The van der Waals surface area contributed by atoms with Gasteiger partial charge >= 0.3 is 11.0 Å². The van der Waals surface area contributed by atoms with Crippen LogP contribution in [-0.2, 0) is 25.3 Å². The molecule has 1 N–H and O–H groups in total. The normalized spacial score (nSPS) is 29.9. The van der Waals surface area contributed by atoms with Crippen molar-refractivity contribution in [3.63, 3.8) is 0 Å². The molecule has 2 bridgehead atoms. The zero-order valence-corrected chi connectivity index (χ0v) is 25.8. The first-order valence-corrected chi connectivity index (χ1v) is 16.8. The molecule has 8 rings (SSSR count). The molecule has 4 heterocycles. The second-order valence-electron chi connectivity index (χ2n) is 12.4. The predicted molar refractivity (Wildman–Crippen MR) is 162 cm³/mol.